The largest absolute Gasteiger partial charge is 0.488 e. The molecule has 5 nitrogen and oxygen atoms in total. The minimum atomic E-state index is -0.521. The van der Waals surface area contributed by atoms with Crippen molar-refractivity contribution in [2.45, 2.75) is 58.5 Å². The zero-order valence-electron chi connectivity index (χ0n) is 15.2. The quantitative estimate of drug-likeness (QED) is 0.731. The Morgan fingerprint density at radius 3 is 2.42 bits per heavy atom. The van der Waals surface area contributed by atoms with Crippen molar-refractivity contribution < 1.29 is 19.0 Å². The van der Waals surface area contributed by atoms with Crippen molar-refractivity contribution in [2.24, 2.45) is 0 Å². The summed E-state index contributed by atoms with van der Waals surface area (Å²) in [7, 11) is 0. The molecule has 0 saturated heterocycles. The van der Waals surface area contributed by atoms with Crippen LogP contribution in [0.25, 0.3) is 0 Å². The molecule has 0 fully saturated rings. The van der Waals surface area contributed by atoms with Crippen molar-refractivity contribution in [2.75, 3.05) is 6.61 Å². The lowest BCUT2D eigenvalue weighted by molar-refractivity contribution is -0.000288. The van der Waals surface area contributed by atoms with E-state index in [0.717, 1.165) is 5.75 Å². The second-order valence-corrected chi connectivity index (χ2v) is 6.72. The molecule has 5 heteroatoms. The molecule has 0 bridgehead atoms. The summed E-state index contributed by atoms with van der Waals surface area (Å²) in [6.07, 6.45) is 0.766. The average molecular weight is 335 g/mol. The predicted octanol–water partition coefficient (Wildman–Crippen LogP) is 3.94. The van der Waals surface area contributed by atoms with Gasteiger partial charge in [-0.05, 0) is 46.8 Å². The van der Waals surface area contributed by atoms with E-state index < -0.39 is 11.7 Å². The third-order valence-electron chi connectivity index (χ3n) is 3.06. The molecule has 1 rings (SSSR count). The van der Waals surface area contributed by atoms with Gasteiger partial charge in [0.15, 0.2) is 0 Å². The third kappa shape index (κ3) is 8.02. The van der Waals surface area contributed by atoms with E-state index in [1.807, 2.05) is 65.0 Å². The molecule has 0 aromatic heterocycles. The molecular formula is C19H29NO4. The Hall–Kier alpha value is -2.01. The monoisotopic (exact) mass is 335 g/mol. The lowest BCUT2D eigenvalue weighted by Crippen LogP contribution is -2.41. The van der Waals surface area contributed by atoms with E-state index in [-0.39, 0.29) is 18.2 Å². The first-order chi connectivity index (χ1) is 11.2. The molecule has 0 aliphatic carbocycles. The number of alkyl carbamates (subject to hydrolysis) is 1. The minimum Gasteiger partial charge on any atom is -0.488 e. The molecule has 134 valence electrons. The molecule has 1 amide bonds. The normalized spacial score (nSPS) is 15.0. The summed E-state index contributed by atoms with van der Waals surface area (Å²) in [6.45, 7) is 13.4. The fourth-order valence-corrected chi connectivity index (χ4v) is 1.98. The van der Waals surface area contributed by atoms with E-state index in [0.29, 0.717) is 6.61 Å². The standard InChI is InChI=1S/C19H29NO4/c1-7-17(15(3)23-16-11-9-8-10-12-16)22-13-14(2)20-18(21)24-19(4,5)6/h7-12,14-15,17H,1,13H2,2-6H3,(H,20,21)/t14-,15-,17+/m0/s1. The molecule has 0 unspecified atom stereocenters. The van der Waals surface area contributed by atoms with Gasteiger partial charge in [-0.25, -0.2) is 4.79 Å². The van der Waals surface area contributed by atoms with Gasteiger partial charge < -0.3 is 19.5 Å². The average Bonchev–Trinajstić information content (AvgIpc) is 2.46. The Balaban J connectivity index is 2.42. The lowest BCUT2D eigenvalue weighted by atomic mass is 10.2. The molecule has 1 N–H and O–H groups in total. The number of carbonyl (C=O) groups excluding carboxylic acids is 1. The van der Waals surface area contributed by atoms with Crippen LogP contribution < -0.4 is 10.1 Å². The second-order valence-electron chi connectivity index (χ2n) is 6.72. The van der Waals surface area contributed by atoms with Crippen LogP contribution in [-0.2, 0) is 9.47 Å². The third-order valence-corrected chi connectivity index (χ3v) is 3.06. The number of rotatable bonds is 8. The summed E-state index contributed by atoms with van der Waals surface area (Å²) in [5.41, 5.74) is -0.521. The van der Waals surface area contributed by atoms with Gasteiger partial charge in [-0.2, -0.15) is 0 Å². The number of ether oxygens (including phenoxy) is 3. The van der Waals surface area contributed by atoms with E-state index in [9.17, 15) is 4.79 Å². The van der Waals surface area contributed by atoms with Crippen LogP contribution in [0.15, 0.2) is 43.0 Å². The summed E-state index contributed by atoms with van der Waals surface area (Å²) in [4.78, 5) is 11.7. The fraction of sp³-hybridized carbons (Fsp3) is 0.526. The fourth-order valence-electron chi connectivity index (χ4n) is 1.98. The van der Waals surface area contributed by atoms with Gasteiger partial charge in [0, 0.05) is 0 Å². The van der Waals surface area contributed by atoms with Crippen LogP contribution >= 0.6 is 0 Å². The molecule has 1 aromatic carbocycles. The van der Waals surface area contributed by atoms with Gasteiger partial charge in [0.25, 0.3) is 0 Å². The van der Waals surface area contributed by atoms with Crippen LogP contribution in [0.5, 0.6) is 5.75 Å². The highest BCUT2D eigenvalue weighted by molar-refractivity contribution is 5.68. The summed E-state index contributed by atoms with van der Waals surface area (Å²) >= 11 is 0. The maximum atomic E-state index is 11.7. The molecule has 0 aliphatic heterocycles. The van der Waals surface area contributed by atoms with E-state index in [2.05, 4.69) is 11.9 Å². The van der Waals surface area contributed by atoms with Gasteiger partial charge in [0.05, 0.1) is 12.6 Å². The molecule has 0 radical (unpaired) electrons. The first-order valence-corrected chi connectivity index (χ1v) is 8.16. The van der Waals surface area contributed by atoms with Crippen molar-refractivity contribution in [3.8, 4) is 5.75 Å². The van der Waals surface area contributed by atoms with E-state index in [1.165, 1.54) is 0 Å². The van der Waals surface area contributed by atoms with Crippen LogP contribution in [0.2, 0.25) is 0 Å². The zero-order chi connectivity index (χ0) is 18.2. The summed E-state index contributed by atoms with van der Waals surface area (Å²) < 4.78 is 16.9. The van der Waals surface area contributed by atoms with Crippen molar-refractivity contribution in [3.05, 3.63) is 43.0 Å². The number of amides is 1. The minimum absolute atomic E-state index is 0.189. The lowest BCUT2D eigenvalue weighted by Gasteiger charge is -2.25. The Morgan fingerprint density at radius 2 is 1.88 bits per heavy atom. The van der Waals surface area contributed by atoms with Crippen LogP contribution in [0.3, 0.4) is 0 Å². The van der Waals surface area contributed by atoms with Crippen molar-refractivity contribution >= 4 is 6.09 Å². The topological polar surface area (TPSA) is 56.8 Å². The molecule has 0 heterocycles. The summed E-state index contributed by atoms with van der Waals surface area (Å²) in [5, 5.41) is 2.74. The van der Waals surface area contributed by atoms with Crippen molar-refractivity contribution in [1.29, 1.82) is 0 Å². The maximum absolute atomic E-state index is 11.7. The van der Waals surface area contributed by atoms with Gasteiger partial charge >= 0.3 is 6.09 Å². The first-order valence-electron chi connectivity index (χ1n) is 8.16. The van der Waals surface area contributed by atoms with Crippen LogP contribution in [0, 0.1) is 0 Å². The number of para-hydroxylation sites is 1. The number of hydrogen-bond donors (Lipinski definition) is 1. The molecular weight excluding hydrogens is 306 g/mol. The highest BCUT2D eigenvalue weighted by Crippen LogP contribution is 2.14. The Morgan fingerprint density at radius 1 is 1.25 bits per heavy atom. The predicted molar refractivity (Wildman–Crippen MR) is 95.3 cm³/mol. The smallest absolute Gasteiger partial charge is 0.407 e. The van der Waals surface area contributed by atoms with E-state index >= 15 is 0 Å². The Kier molecular flexibility index (Phi) is 7.79. The molecule has 0 aliphatic rings. The summed E-state index contributed by atoms with van der Waals surface area (Å²) in [5.74, 6) is 0.778. The highest BCUT2D eigenvalue weighted by atomic mass is 16.6. The Labute approximate surface area is 145 Å². The second kappa shape index (κ2) is 9.33. The summed E-state index contributed by atoms with van der Waals surface area (Å²) in [6, 6.07) is 9.36. The van der Waals surface area contributed by atoms with Gasteiger partial charge in [0.2, 0.25) is 0 Å². The maximum Gasteiger partial charge on any atom is 0.407 e. The number of hydrogen-bond acceptors (Lipinski definition) is 4. The molecule has 3 atom stereocenters. The van der Waals surface area contributed by atoms with Crippen molar-refractivity contribution in [1.82, 2.24) is 5.32 Å². The van der Waals surface area contributed by atoms with Crippen LogP contribution in [0.4, 0.5) is 4.79 Å². The number of carbonyl (C=O) groups is 1. The van der Waals surface area contributed by atoms with Gasteiger partial charge in [0.1, 0.15) is 23.6 Å². The highest BCUT2D eigenvalue weighted by Gasteiger charge is 2.20. The van der Waals surface area contributed by atoms with E-state index in [1.54, 1.807) is 6.08 Å². The van der Waals surface area contributed by atoms with Crippen LogP contribution in [0.1, 0.15) is 34.6 Å². The first kappa shape index (κ1) is 20.0. The molecule has 24 heavy (non-hydrogen) atoms. The van der Waals surface area contributed by atoms with Crippen molar-refractivity contribution in [3.63, 3.8) is 0 Å². The molecule has 1 aromatic rings. The SMILES string of the molecule is C=C[C@@H](OC[C@H](C)NC(=O)OC(C)(C)C)[C@H](C)Oc1ccccc1. The molecule has 0 saturated carbocycles. The Bertz CT molecular complexity index is 510. The number of benzene rings is 1. The molecule has 0 spiro atoms. The van der Waals surface area contributed by atoms with Gasteiger partial charge in [-0.15, -0.1) is 6.58 Å². The van der Waals surface area contributed by atoms with Crippen LogP contribution in [-0.4, -0.2) is 36.6 Å². The van der Waals surface area contributed by atoms with Gasteiger partial charge in [-0.1, -0.05) is 24.3 Å². The number of nitrogens with one attached hydrogen (secondary N) is 1. The van der Waals surface area contributed by atoms with E-state index in [4.69, 9.17) is 14.2 Å². The zero-order valence-corrected chi connectivity index (χ0v) is 15.2. The van der Waals surface area contributed by atoms with Gasteiger partial charge in [-0.3, -0.25) is 0 Å².